The quantitative estimate of drug-likeness (QED) is 0.557. The number of nitrogen functional groups attached to an aromatic ring is 1. The molecule has 9 nitrogen and oxygen atoms in total. The number of carbonyl (C=O) groups is 1. The van der Waals surface area contributed by atoms with Gasteiger partial charge in [-0.05, 0) is 48.3 Å². The van der Waals surface area contributed by atoms with Crippen molar-refractivity contribution in [2.75, 3.05) is 5.73 Å². The van der Waals surface area contributed by atoms with Crippen molar-refractivity contribution in [1.29, 1.82) is 0 Å². The lowest BCUT2D eigenvalue weighted by atomic mass is 9.87. The van der Waals surface area contributed by atoms with Crippen molar-refractivity contribution < 1.29 is 4.79 Å². The van der Waals surface area contributed by atoms with Crippen LogP contribution in [0.1, 0.15) is 47.9 Å². The summed E-state index contributed by atoms with van der Waals surface area (Å²) < 4.78 is 2.65. The molecule has 5 rings (SSSR count). The second-order valence-electron chi connectivity index (χ2n) is 6.94. The molecule has 1 amide bonds. The summed E-state index contributed by atoms with van der Waals surface area (Å²) in [6.45, 7) is 0. The highest BCUT2D eigenvalue weighted by molar-refractivity contribution is 14.1. The van der Waals surface area contributed by atoms with Crippen LogP contribution in [0.2, 0.25) is 0 Å². The molecule has 0 radical (unpaired) electrons. The molecule has 0 spiro atoms. The maximum atomic E-state index is 12.7. The van der Waals surface area contributed by atoms with Crippen LogP contribution in [0.15, 0.2) is 18.6 Å². The number of anilines is 1. The number of nitrogens with one attached hydrogen (secondary N) is 1. The standard InChI is InChI=1S/C16H17IN8O/c17-11-6-21-25-13(18)5-12(22-15(11)25)8-3-9-1-2-10(4-8)24(9)16(26)14-19-7-20-23-14/h5-10H,1-4,18H2,(H,19,20,23)/t8-,9-,10+. The number of piperidine rings is 1. The zero-order valence-corrected chi connectivity index (χ0v) is 16.0. The van der Waals surface area contributed by atoms with Gasteiger partial charge in [0.2, 0.25) is 5.82 Å². The van der Waals surface area contributed by atoms with Crippen LogP contribution in [0, 0.1) is 3.57 Å². The number of hydrogen-bond acceptors (Lipinski definition) is 6. The van der Waals surface area contributed by atoms with Gasteiger partial charge in [-0.3, -0.25) is 4.79 Å². The number of halogens is 1. The third-order valence-corrected chi connectivity index (χ3v) is 6.24. The van der Waals surface area contributed by atoms with Gasteiger partial charge >= 0.3 is 0 Å². The van der Waals surface area contributed by atoms with Crippen LogP contribution in [0.25, 0.3) is 5.65 Å². The Kier molecular flexibility index (Phi) is 3.62. The summed E-state index contributed by atoms with van der Waals surface area (Å²) >= 11 is 2.23. The van der Waals surface area contributed by atoms with Crippen molar-refractivity contribution in [2.45, 2.75) is 43.7 Å². The third-order valence-electron chi connectivity index (χ3n) is 5.48. The topological polar surface area (TPSA) is 118 Å². The van der Waals surface area contributed by atoms with Crippen LogP contribution in [-0.2, 0) is 0 Å². The smallest absolute Gasteiger partial charge is 0.292 e. The van der Waals surface area contributed by atoms with E-state index in [0.29, 0.717) is 17.6 Å². The molecule has 2 bridgehead atoms. The van der Waals surface area contributed by atoms with Crippen molar-refractivity contribution in [1.82, 2.24) is 34.7 Å². The van der Waals surface area contributed by atoms with Gasteiger partial charge < -0.3 is 15.6 Å². The van der Waals surface area contributed by atoms with Gasteiger partial charge in [-0.2, -0.15) is 9.61 Å². The SMILES string of the molecule is Nc1cc([C@@H]2C[C@H]3CC[C@@H](C2)N3C(=O)c2nnc[nH]2)nc2c(I)cnn12. The van der Waals surface area contributed by atoms with E-state index in [-0.39, 0.29) is 18.0 Å². The summed E-state index contributed by atoms with van der Waals surface area (Å²) in [5.41, 5.74) is 7.97. The van der Waals surface area contributed by atoms with E-state index in [1.807, 2.05) is 11.0 Å². The maximum Gasteiger partial charge on any atom is 0.292 e. The van der Waals surface area contributed by atoms with E-state index in [2.05, 4.69) is 42.9 Å². The molecule has 0 unspecified atom stereocenters. The average Bonchev–Trinajstić information content (AvgIpc) is 3.34. The van der Waals surface area contributed by atoms with E-state index >= 15 is 0 Å². The molecule has 3 atom stereocenters. The predicted octanol–water partition coefficient (Wildman–Crippen LogP) is 1.58. The first-order valence-electron chi connectivity index (χ1n) is 8.60. The molecule has 3 aromatic rings. The van der Waals surface area contributed by atoms with Gasteiger partial charge in [-0.1, -0.05) is 0 Å². The van der Waals surface area contributed by atoms with Gasteiger partial charge in [0.1, 0.15) is 12.1 Å². The molecule has 5 heterocycles. The first kappa shape index (κ1) is 16.0. The molecule has 2 fully saturated rings. The van der Waals surface area contributed by atoms with Crippen LogP contribution in [0.5, 0.6) is 0 Å². The van der Waals surface area contributed by atoms with Crippen LogP contribution in [0.4, 0.5) is 5.82 Å². The minimum absolute atomic E-state index is 0.0540. The average molecular weight is 464 g/mol. The fraction of sp³-hybridized carbons (Fsp3) is 0.438. The number of nitrogens with two attached hydrogens (primary N) is 1. The Morgan fingerprint density at radius 3 is 2.77 bits per heavy atom. The van der Waals surface area contributed by atoms with E-state index in [4.69, 9.17) is 10.7 Å². The second kappa shape index (κ2) is 5.89. The van der Waals surface area contributed by atoms with E-state index < -0.39 is 0 Å². The van der Waals surface area contributed by atoms with Crippen LogP contribution in [-0.4, -0.2) is 52.7 Å². The molecule has 0 aromatic carbocycles. The Morgan fingerprint density at radius 2 is 2.08 bits per heavy atom. The number of fused-ring (bicyclic) bond motifs is 3. The molecule has 10 heteroatoms. The number of rotatable bonds is 2. The molecular formula is C16H17IN8O. The lowest BCUT2D eigenvalue weighted by Crippen LogP contribution is -2.46. The fourth-order valence-corrected chi connectivity index (χ4v) is 4.84. The highest BCUT2D eigenvalue weighted by Gasteiger charge is 2.44. The lowest BCUT2D eigenvalue weighted by Gasteiger charge is -2.38. The number of hydrogen-bond donors (Lipinski definition) is 2. The highest BCUT2D eigenvalue weighted by Crippen LogP contribution is 2.43. The summed E-state index contributed by atoms with van der Waals surface area (Å²) in [6, 6.07) is 2.34. The number of aromatic nitrogens is 6. The first-order chi connectivity index (χ1) is 12.6. The second-order valence-corrected chi connectivity index (χ2v) is 8.10. The third kappa shape index (κ3) is 2.38. The largest absolute Gasteiger partial charge is 0.384 e. The number of carbonyl (C=O) groups excluding carboxylic acids is 1. The molecule has 0 aliphatic carbocycles. The van der Waals surface area contributed by atoms with Crippen molar-refractivity contribution >= 4 is 40.0 Å². The Hall–Kier alpha value is -2.24. The van der Waals surface area contributed by atoms with Gasteiger partial charge in [0, 0.05) is 29.8 Å². The summed E-state index contributed by atoms with van der Waals surface area (Å²) in [6.07, 6.45) is 7.03. The predicted molar refractivity (Wildman–Crippen MR) is 101 cm³/mol. The number of H-pyrrole nitrogens is 1. The van der Waals surface area contributed by atoms with Gasteiger partial charge in [0.05, 0.1) is 9.77 Å². The maximum absolute atomic E-state index is 12.7. The first-order valence-corrected chi connectivity index (χ1v) is 9.68. The van der Waals surface area contributed by atoms with Crippen molar-refractivity contribution in [2.24, 2.45) is 0 Å². The van der Waals surface area contributed by atoms with Gasteiger partial charge in [0.25, 0.3) is 5.91 Å². The number of aromatic amines is 1. The van der Waals surface area contributed by atoms with E-state index in [9.17, 15) is 4.79 Å². The molecule has 3 N–H and O–H groups in total. The van der Waals surface area contributed by atoms with Crippen LogP contribution in [0.3, 0.4) is 0 Å². The molecule has 2 aliphatic rings. The summed E-state index contributed by atoms with van der Waals surface area (Å²) in [7, 11) is 0. The zero-order valence-electron chi connectivity index (χ0n) is 13.8. The van der Waals surface area contributed by atoms with E-state index in [1.165, 1.54) is 6.33 Å². The number of amides is 1. The summed E-state index contributed by atoms with van der Waals surface area (Å²) in [4.78, 5) is 22.4. The molecule has 2 aliphatic heterocycles. The Labute approximate surface area is 162 Å². The van der Waals surface area contributed by atoms with Crippen molar-refractivity contribution in [3.05, 3.63) is 33.7 Å². The van der Waals surface area contributed by atoms with Crippen molar-refractivity contribution in [3.63, 3.8) is 0 Å². The summed E-state index contributed by atoms with van der Waals surface area (Å²) in [5.74, 6) is 1.16. The molecule has 2 saturated heterocycles. The molecule has 26 heavy (non-hydrogen) atoms. The van der Waals surface area contributed by atoms with Crippen LogP contribution >= 0.6 is 22.6 Å². The van der Waals surface area contributed by atoms with Gasteiger partial charge in [0.15, 0.2) is 5.65 Å². The normalized spacial score (nSPS) is 25.1. The van der Waals surface area contributed by atoms with Gasteiger partial charge in [-0.25, -0.2) is 4.98 Å². The van der Waals surface area contributed by atoms with E-state index in [1.54, 1.807) is 10.7 Å². The molecule has 0 saturated carbocycles. The monoisotopic (exact) mass is 464 g/mol. The van der Waals surface area contributed by atoms with Crippen molar-refractivity contribution in [3.8, 4) is 0 Å². The Balaban J connectivity index is 1.44. The summed E-state index contributed by atoms with van der Waals surface area (Å²) in [5, 5.41) is 11.9. The van der Waals surface area contributed by atoms with Crippen LogP contribution < -0.4 is 5.73 Å². The minimum atomic E-state index is -0.0540. The Morgan fingerprint density at radius 1 is 1.31 bits per heavy atom. The fourth-order valence-electron chi connectivity index (χ4n) is 4.37. The molecule has 3 aromatic heterocycles. The van der Waals surface area contributed by atoms with E-state index in [0.717, 1.165) is 40.6 Å². The molecular weight excluding hydrogens is 447 g/mol. The lowest BCUT2D eigenvalue weighted by molar-refractivity contribution is 0.0557. The van der Waals surface area contributed by atoms with Gasteiger partial charge in [-0.15, -0.1) is 10.2 Å². The Bertz CT molecular complexity index is 970. The molecule has 134 valence electrons. The number of nitrogens with zero attached hydrogens (tertiary/aromatic N) is 6. The zero-order chi connectivity index (χ0) is 17.8. The highest BCUT2D eigenvalue weighted by atomic mass is 127. The minimum Gasteiger partial charge on any atom is -0.384 e.